The van der Waals surface area contributed by atoms with Crippen molar-refractivity contribution in [1.82, 2.24) is 4.90 Å². The van der Waals surface area contributed by atoms with Crippen LogP contribution in [0.15, 0.2) is 54.6 Å². The van der Waals surface area contributed by atoms with Crippen LogP contribution in [0.1, 0.15) is 5.56 Å². The summed E-state index contributed by atoms with van der Waals surface area (Å²) in [6.45, 7) is 2.80. The first kappa shape index (κ1) is 11.8. The second-order valence-corrected chi connectivity index (χ2v) is 5.44. The van der Waals surface area contributed by atoms with E-state index in [1.165, 1.54) is 5.56 Å². The summed E-state index contributed by atoms with van der Waals surface area (Å²) < 4.78 is 12.1. The molecule has 0 unspecified atom stereocenters. The number of likely N-dealkylation sites (tertiary alicyclic amines) is 1. The molecule has 2 atom stereocenters. The highest BCUT2D eigenvalue weighted by Gasteiger charge is 2.39. The smallest absolute Gasteiger partial charge is 0.161 e. The molecule has 1 saturated heterocycles. The summed E-state index contributed by atoms with van der Waals surface area (Å²) in [6, 6.07) is 18.5. The maximum Gasteiger partial charge on any atom is 0.161 e. The monoisotopic (exact) mass is 267 g/mol. The zero-order valence-corrected chi connectivity index (χ0v) is 11.2. The van der Waals surface area contributed by atoms with Crippen LogP contribution in [0, 0.1) is 0 Å². The number of para-hydroxylation sites is 2. The van der Waals surface area contributed by atoms with Crippen LogP contribution >= 0.6 is 0 Å². The SMILES string of the molecule is c1ccc(CN2C[C@H]3Oc4ccccc4O[C@@H]3C2)cc1. The van der Waals surface area contributed by atoms with E-state index in [9.17, 15) is 0 Å². The molecule has 0 saturated carbocycles. The number of benzene rings is 2. The molecule has 20 heavy (non-hydrogen) atoms. The van der Waals surface area contributed by atoms with Crippen LogP contribution in [-0.2, 0) is 6.54 Å². The van der Waals surface area contributed by atoms with Gasteiger partial charge in [-0.2, -0.15) is 0 Å². The molecule has 2 aromatic rings. The van der Waals surface area contributed by atoms with E-state index >= 15 is 0 Å². The fraction of sp³-hybridized carbons (Fsp3) is 0.294. The zero-order chi connectivity index (χ0) is 13.4. The molecule has 1 fully saturated rings. The first-order valence-corrected chi connectivity index (χ1v) is 7.07. The number of nitrogens with zero attached hydrogens (tertiary/aromatic N) is 1. The van der Waals surface area contributed by atoms with E-state index in [1.54, 1.807) is 0 Å². The molecule has 4 rings (SSSR count). The number of fused-ring (bicyclic) bond motifs is 2. The summed E-state index contributed by atoms with van der Waals surface area (Å²) in [7, 11) is 0. The molecule has 0 N–H and O–H groups in total. The summed E-state index contributed by atoms with van der Waals surface area (Å²) in [5, 5.41) is 0. The molecule has 3 heteroatoms. The van der Waals surface area contributed by atoms with Crippen LogP contribution < -0.4 is 9.47 Å². The summed E-state index contributed by atoms with van der Waals surface area (Å²) in [4.78, 5) is 2.40. The minimum atomic E-state index is 0.147. The van der Waals surface area contributed by atoms with Gasteiger partial charge in [-0.25, -0.2) is 0 Å². The van der Waals surface area contributed by atoms with Gasteiger partial charge in [0.25, 0.3) is 0 Å². The Morgan fingerprint density at radius 2 is 1.35 bits per heavy atom. The standard InChI is InChI=1S/C17H17NO2/c1-2-6-13(7-3-1)10-18-11-16-17(12-18)20-15-9-5-4-8-14(15)19-16/h1-9,16-17H,10-12H2/t16-,17-/m1/s1. The van der Waals surface area contributed by atoms with E-state index < -0.39 is 0 Å². The number of hydrogen-bond acceptors (Lipinski definition) is 3. The quantitative estimate of drug-likeness (QED) is 0.835. The van der Waals surface area contributed by atoms with Crippen LogP contribution in [0.5, 0.6) is 11.5 Å². The minimum absolute atomic E-state index is 0.147. The van der Waals surface area contributed by atoms with Crippen molar-refractivity contribution in [2.75, 3.05) is 13.1 Å². The molecule has 102 valence electrons. The molecule has 2 heterocycles. The van der Waals surface area contributed by atoms with Crippen LogP contribution in [0.4, 0.5) is 0 Å². The van der Waals surface area contributed by atoms with Gasteiger partial charge in [-0.15, -0.1) is 0 Å². The molecule has 0 radical (unpaired) electrons. The Labute approximate surface area is 118 Å². The van der Waals surface area contributed by atoms with Crippen molar-refractivity contribution in [3.05, 3.63) is 60.2 Å². The van der Waals surface area contributed by atoms with Crippen LogP contribution in [0.3, 0.4) is 0 Å². The van der Waals surface area contributed by atoms with E-state index in [4.69, 9.17) is 9.47 Å². The first-order chi connectivity index (χ1) is 9.88. The highest BCUT2D eigenvalue weighted by atomic mass is 16.6. The molecule has 0 aliphatic carbocycles. The van der Waals surface area contributed by atoms with E-state index in [-0.39, 0.29) is 12.2 Å². The van der Waals surface area contributed by atoms with Crippen molar-refractivity contribution in [2.45, 2.75) is 18.8 Å². The number of hydrogen-bond donors (Lipinski definition) is 0. The Hall–Kier alpha value is -2.00. The Kier molecular flexibility index (Phi) is 2.85. The van der Waals surface area contributed by atoms with Gasteiger partial charge in [0.1, 0.15) is 12.2 Å². The van der Waals surface area contributed by atoms with Crippen molar-refractivity contribution in [3.63, 3.8) is 0 Å². The molecule has 2 aromatic carbocycles. The number of ether oxygens (including phenoxy) is 2. The maximum absolute atomic E-state index is 6.06. The molecular weight excluding hydrogens is 250 g/mol. The van der Waals surface area contributed by atoms with Crippen molar-refractivity contribution in [1.29, 1.82) is 0 Å². The summed E-state index contributed by atoms with van der Waals surface area (Å²) in [5.74, 6) is 1.74. The van der Waals surface area contributed by atoms with Gasteiger partial charge in [0.05, 0.1) is 0 Å². The lowest BCUT2D eigenvalue weighted by atomic mass is 10.2. The van der Waals surface area contributed by atoms with Crippen LogP contribution in [0.2, 0.25) is 0 Å². The second kappa shape index (κ2) is 4.84. The predicted octanol–water partition coefficient (Wildman–Crippen LogP) is 2.71. The molecule has 2 aliphatic rings. The highest BCUT2D eigenvalue weighted by molar-refractivity contribution is 5.41. The highest BCUT2D eigenvalue weighted by Crippen LogP contribution is 2.36. The van der Waals surface area contributed by atoms with Gasteiger partial charge < -0.3 is 9.47 Å². The Morgan fingerprint density at radius 3 is 1.95 bits per heavy atom. The topological polar surface area (TPSA) is 21.7 Å². The lowest BCUT2D eigenvalue weighted by molar-refractivity contribution is 0.0552. The van der Waals surface area contributed by atoms with Crippen LogP contribution in [-0.4, -0.2) is 30.2 Å². The fourth-order valence-corrected chi connectivity index (χ4v) is 2.99. The normalized spacial score (nSPS) is 24.4. The number of rotatable bonds is 2. The first-order valence-electron chi connectivity index (χ1n) is 7.07. The molecule has 0 aromatic heterocycles. The van der Waals surface area contributed by atoms with Crippen molar-refractivity contribution in [3.8, 4) is 11.5 Å². The Bertz CT molecular complexity index is 566. The van der Waals surface area contributed by atoms with Gasteiger partial charge >= 0.3 is 0 Å². The molecular formula is C17H17NO2. The van der Waals surface area contributed by atoms with Crippen LogP contribution in [0.25, 0.3) is 0 Å². The fourth-order valence-electron chi connectivity index (χ4n) is 2.99. The molecule has 3 nitrogen and oxygen atoms in total. The predicted molar refractivity (Wildman–Crippen MR) is 77.0 cm³/mol. The summed E-state index contributed by atoms with van der Waals surface area (Å²) in [5.41, 5.74) is 1.34. The van der Waals surface area contributed by atoms with Crippen molar-refractivity contribution < 1.29 is 9.47 Å². The largest absolute Gasteiger partial charge is 0.481 e. The molecule has 0 bridgehead atoms. The van der Waals surface area contributed by atoms with Gasteiger partial charge in [-0.05, 0) is 17.7 Å². The summed E-state index contributed by atoms with van der Waals surface area (Å²) in [6.07, 6.45) is 0.294. The molecule has 2 aliphatic heterocycles. The maximum atomic E-state index is 6.06. The Balaban J connectivity index is 1.47. The van der Waals surface area contributed by atoms with Gasteiger partial charge in [0.2, 0.25) is 0 Å². The lowest BCUT2D eigenvalue weighted by Crippen LogP contribution is -2.38. The van der Waals surface area contributed by atoms with Gasteiger partial charge in [0, 0.05) is 19.6 Å². The second-order valence-electron chi connectivity index (χ2n) is 5.44. The van der Waals surface area contributed by atoms with E-state index in [0.29, 0.717) is 0 Å². The third-order valence-electron chi connectivity index (χ3n) is 3.95. The zero-order valence-electron chi connectivity index (χ0n) is 11.2. The average molecular weight is 267 g/mol. The van der Waals surface area contributed by atoms with E-state index in [2.05, 4.69) is 35.2 Å². The third-order valence-corrected chi connectivity index (χ3v) is 3.95. The van der Waals surface area contributed by atoms with Gasteiger partial charge in [0.15, 0.2) is 11.5 Å². The van der Waals surface area contributed by atoms with Gasteiger partial charge in [-0.1, -0.05) is 42.5 Å². The Morgan fingerprint density at radius 1 is 0.800 bits per heavy atom. The average Bonchev–Trinajstić information content (AvgIpc) is 2.86. The van der Waals surface area contributed by atoms with E-state index in [0.717, 1.165) is 31.1 Å². The molecule has 0 amide bonds. The summed E-state index contributed by atoms with van der Waals surface area (Å²) >= 11 is 0. The molecule has 0 spiro atoms. The van der Waals surface area contributed by atoms with Crippen molar-refractivity contribution in [2.24, 2.45) is 0 Å². The van der Waals surface area contributed by atoms with E-state index in [1.807, 2.05) is 24.3 Å². The van der Waals surface area contributed by atoms with Crippen molar-refractivity contribution >= 4 is 0 Å². The third kappa shape index (κ3) is 2.14. The minimum Gasteiger partial charge on any atom is -0.481 e. The van der Waals surface area contributed by atoms with Gasteiger partial charge in [-0.3, -0.25) is 4.90 Å². The lowest BCUT2D eigenvalue weighted by Gasteiger charge is -2.28.